The van der Waals surface area contributed by atoms with Crippen LogP contribution < -0.4 is 0 Å². The van der Waals surface area contributed by atoms with Gasteiger partial charge in [-0.1, -0.05) is 6.07 Å². The molecule has 1 fully saturated rings. The second kappa shape index (κ2) is 7.47. The summed E-state index contributed by atoms with van der Waals surface area (Å²) < 4.78 is 8.01. The van der Waals surface area contributed by atoms with Crippen molar-refractivity contribution in [2.45, 2.75) is 45.6 Å². The van der Waals surface area contributed by atoms with Crippen LogP contribution >= 0.6 is 0 Å². The van der Waals surface area contributed by atoms with Gasteiger partial charge in [0.05, 0.1) is 19.3 Å². The lowest BCUT2D eigenvalue weighted by Gasteiger charge is -2.32. The summed E-state index contributed by atoms with van der Waals surface area (Å²) in [7, 11) is 0. The summed E-state index contributed by atoms with van der Waals surface area (Å²) in [6.45, 7) is 6.50. The maximum atomic E-state index is 6.05. The third kappa shape index (κ3) is 3.90. The van der Waals surface area contributed by atoms with Crippen molar-refractivity contribution in [3.63, 3.8) is 0 Å². The van der Waals surface area contributed by atoms with Crippen LogP contribution in [0.4, 0.5) is 0 Å². The van der Waals surface area contributed by atoms with E-state index in [1.165, 1.54) is 0 Å². The van der Waals surface area contributed by atoms with Crippen molar-refractivity contribution >= 4 is 0 Å². The van der Waals surface area contributed by atoms with E-state index in [4.69, 9.17) is 4.74 Å². The van der Waals surface area contributed by atoms with E-state index in [-0.39, 0.29) is 6.10 Å². The fourth-order valence-electron chi connectivity index (χ4n) is 2.87. The molecule has 0 bridgehead atoms. The third-order valence-electron chi connectivity index (χ3n) is 4.03. The molecule has 0 aliphatic carbocycles. The van der Waals surface area contributed by atoms with Gasteiger partial charge in [-0.2, -0.15) is 5.10 Å². The minimum atomic E-state index is 0.284. The lowest BCUT2D eigenvalue weighted by Crippen LogP contribution is -2.39. The van der Waals surface area contributed by atoms with Gasteiger partial charge in [0.1, 0.15) is 12.2 Å². The second-order valence-electron chi connectivity index (χ2n) is 5.66. The topological polar surface area (TPSA) is 56.1 Å². The fourth-order valence-corrected chi connectivity index (χ4v) is 2.87. The van der Waals surface area contributed by atoms with E-state index >= 15 is 0 Å². The van der Waals surface area contributed by atoms with Crippen LogP contribution in [0.3, 0.4) is 0 Å². The Kier molecular flexibility index (Phi) is 5.13. The van der Waals surface area contributed by atoms with E-state index in [9.17, 15) is 0 Å². The SMILES string of the molecule is CCn1ncnc1CN1CCCC(OCc2cccnc2)C1. The Bertz CT molecular complexity index is 571. The van der Waals surface area contributed by atoms with Crippen molar-refractivity contribution < 1.29 is 4.74 Å². The van der Waals surface area contributed by atoms with Gasteiger partial charge in [0.15, 0.2) is 0 Å². The van der Waals surface area contributed by atoms with Gasteiger partial charge < -0.3 is 4.74 Å². The molecule has 0 N–H and O–H groups in total. The van der Waals surface area contributed by atoms with Crippen LogP contribution in [0.1, 0.15) is 31.2 Å². The Morgan fingerprint density at radius 2 is 2.36 bits per heavy atom. The molecule has 6 nitrogen and oxygen atoms in total. The number of ether oxygens (including phenoxy) is 1. The standard InChI is InChI=1S/C16H23N5O/c1-2-21-16(18-13-19-21)11-20-8-4-6-15(10-20)22-12-14-5-3-7-17-9-14/h3,5,7,9,13,15H,2,4,6,8,10-12H2,1H3. The first-order valence-corrected chi connectivity index (χ1v) is 7.94. The quantitative estimate of drug-likeness (QED) is 0.815. The molecule has 3 heterocycles. The van der Waals surface area contributed by atoms with E-state index in [1.54, 1.807) is 12.5 Å². The molecule has 1 saturated heterocycles. The minimum absolute atomic E-state index is 0.284. The number of hydrogen-bond donors (Lipinski definition) is 0. The third-order valence-corrected chi connectivity index (χ3v) is 4.03. The summed E-state index contributed by atoms with van der Waals surface area (Å²) in [5.41, 5.74) is 1.13. The summed E-state index contributed by atoms with van der Waals surface area (Å²) in [6.07, 6.45) is 7.86. The van der Waals surface area contributed by atoms with Crippen molar-refractivity contribution in [3.05, 3.63) is 42.2 Å². The maximum absolute atomic E-state index is 6.05. The first-order chi connectivity index (χ1) is 10.8. The molecule has 0 aromatic carbocycles. The van der Waals surface area contributed by atoms with E-state index in [0.717, 1.165) is 50.4 Å². The van der Waals surface area contributed by atoms with Gasteiger partial charge in [0, 0.05) is 25.5 Å². The number of hydrogen-bond acceptors (Lipinski definition) is 5. The average Bonchev–Trinajstić information content (AvgIpc) is 3.01. The summed E-state index contributed by atoms with van der Waals surface area (Å²) in [4.78, 5) is 10.9. The molecule has 2 aromatic heterocycles. The summed E-state index contributed by atoms with van der Waals surface area (Å²) in [5, 5.41) is 4.24. The molecule has 1 atom stereocenters. The smallest absolute Gasteiger partial charge is 0.140 e. The number of likely N-dealkylation sites (tertiary alicyclic amines) is 1. The fraction of sp³-hybridized carbons (Fsp3) is 0.562. The average molecular weight is 301 g/mol. The van der Waals surface area contributed by atoms with Crippen molar-refractivity contribution in [1.29, 1.82) is 0 Å². The number of aromatic nitrogens is 4. The molecule has 2 aromatic rings. The minimum Gasteiger partial charge on any atom is -0.372 e. The van der Waals surface area contributed by atoms with Gasteiger partial charge in [-0.05, 0) is 37.9 Å². The molecular formula is C16H23N5O. The van der Waals surface area contributed by atoms with E-state index < -0.39 is 0 Å². The lowest BCUT2D eigenvalue weighted by atomic mass is 10.1. The molecule has 1 aliphatic rings. The van der Waals surface area contributed by atoms with Crippen LogP contribution in [-0.4, -0.2) is 43.8 Å². The Hall–Kier alpha value is -1.79. The van der Waals surface area contributed by atoms with Crippen molar-refractivity contribution in [2.75, 3.05) is 13.1 Å². The molecule has 0 saturated carbocycles. The monoisotopic (exact) mass is 301 g/mol. The van der Waals surface area contributed by atoms with Gasteiger partial charge in [-0.25, -0.2) is 9.67 Å². The van der Waals surface area contributed by atoms with Gasteiger partial charge in [0.2, 0.25) is 0 Å². The maximum Gasteiger partial charge on any atom is 0.140 e. The van der Waals surface area contributed by atoms with Gasteiger partial charge in [-0.3, -0.25) is 9.88 Å². The Morgan fingerprint density at radius 3 is 3.18 bits per heavy atom. The lowest BCUT2D eigenvalue weighted by molar-refractivity contribution is -0.0129. The molecule has 1 unspecified atom stereocenters. The molecule has 0 radical (unpaired) electrons. The molecule has 22 heavy (non-hydrogen) atoms. The Balaban J connectivity index is 1.51. The van der Waals surface area contributed by atoms with Crippen LogP contribution in [0.15, 0.2) is 30.9 Å². The number of piperidine rings is 1. The van der Waals surface area contributed by atoms with Crippen molar-refractivity contribution in [3.8, 4) is 0 Å². The van der Waals surface area contributed by atoms with Crippen LogP contribution in [-0.2, 0) is 24.4 Å². The van der Waals surface area contributed by atoms with Crippen LogP contribution in [0.5, 0.6) is 0 Å². The Labute approximate surface area is 131 Å². The molecule has 3 rings (SSSR count). The molecule has 118 valence electrons. The molecule has 0 spiro atoms. The molecule has 0 amide bonds. The van der Waals surface area contributed by atoms with Crippen LogP contribution in [0, 0.1) is 0 Å². The highest BCUT2D eigenvalue weighted by atomic mass is 16.5. The Morgan fingerprint density at radius 1 is 1.41 bits per heavy atom. The summed E-state index contributed by atoms with van der Waals surface area (Å²) in [5.74, 6) is 1.04. The van der Waals surface area contributed by atoms with Gasteiger partial charge in [0.25, 0.3) is 0 Å². The predicted octanol–water partition coefficient (Wildman–Crippen LogP) is 1.87. The van der Waals surface area contributed by atoms with Crippen LogP contribution in [0.25, 0.3) is 0 Å². The molecule has 6 heteroatoms. The second-order valence-corrected chi connectivity index (χ2v) is 5.66. The van der Waals surface area contributed by atoms with Gasteiger partial charge >= 0.3 is 0 Å². The summed E-state index contributed by atoms with van der Waals surface area (Å²) in [6, 6.07) is 4.00. The zero-order chi connectivity index (χ0) is 15.2. The normalized spacial score (nSPS) is 19.4. The van der Waals surface area contributed by atoms with E-state index in [2.05, 4.69) is 33.0 Å². The first-order valence-electron chi connectivity index (χ1n) is 7.94. The number of pyridine rings is 1. The number of nitrogens with zero attached hydrogens (tertiary/aromatic N) is 5. The molecule has 1 aliphatic heterocycles. The summed E-state index contributed by atoms with van der Waals surface area (Å²) >= 11 is 0. The first kappa shape index (κ1) is 15.1. The van der Waals surface area contributed by atoms with E-state index in [0.29, 0.717) is 6.61 Å². The highest BCUT2D eigenvalue weighted by molar-refractivity contribution is 5.06. The zero-order valence-electron chi connectivity index (χ0n) is 13.1. The zero-order valence-corrected chi connectivity index (χ0v) is 13.1. The largest absolute Gasteiger partial charge is 0.372 e. The molecular weight excluding hydrogens is 278 g/mol. The highest BCUT2D eigenvalue weighted by Crippen LogP contribution is 2.16. The highest BCUT2D eigenvalue weighted by Gasteiger charge is 2.21. The predicted molar refractivity (Wildman–Crippen MR) is 83.0 cm³/mol. The van der Waals surface area contributed by atoms with Gasteiger partial charge in [-0.15, -0.1) is 0 Å². The number of rotatable bonds is 6. The number of aryl methyl sites for hydroxylation is 1. The van der Waals surface area contributed by atoms with Crippen molar-refractivity contribution in [2.24, 2.45) is 0 Å². The van der Waals surface area contributed by atoms with E-state index in [1.807, 2.05) is 16.9 Å². The van der Waals surface area contributed by atoms with Crippen LogP contribution in [0.2, 0.25) is 0 Å². The van der Waals surface area contributed by atoms with Crippen molar-refractivity contribution in [1.82, 2.24) is 24.6 Å².